The normalized spacial score (nSPS) is 10.3. The second kappa shape index (κ2) is 7.13. The van der Waals surface area contributed by atoms with Crippen molar-refractivity contribution in [1.82, 2.24) is 0 Å². The number of amides is 2. The summed E-state index contributed by atoms with van der Waals surface area (Å²) in [6.45, 7) is 3.20. The smallest absolute Gasteiger partial charge is 0.433 e. The van der Waals surface area contributed by atoms with Crippen molar-refractivity contribution in [3.63, 3.8) is 0 Å². The highest BCUT2D eigenvalue weighted by molar-refractivity contribution is 7.18. The first-order valence-electron chi connectivity index (χ1n) is 6.92. The Bertz CT molecular complexity index is 868. The predicted octanol–water partition coefficient (Wildman–Crippen LogP) is 2.09. The second-order valence-corrected chi connectivity index (χ2v) is 5.71. The summed E-state index contributed by atoms with van der Waals surface area (Å²) in [4.78, 5) is 45.7. The molecule has 11 heteroatoms. The molecule has 0 aliphatic carbocycles. The highest BCUT2D eigenvalue weighted by Crippen LogP contribution is 2.34. The average Bonchev–Trinajstić information content (AvgIpc) is 3.12. The number of furan rings is 1. The van der Waals surface area contributed by atoms with Crippen LogP contribution in [-0.2, 0) is 4.74 Å². The molecule has 2 rings (SSSR count). The van der Waals surface area contributed by atoms with E-state index < -0.39 is 28.6 Å². The number of carbonyl (C=O) groups is 3. The van der Waals surface area contributed by atoms with Crippen LogP contribution in [0, 0.1) is 17.0 Å². The lowest BCUT2D eigenvalue weighted by molar-refractivity contribution is -0.402. The number of anilines is 1. The van der Waals surface area contributed by atoms with Gasteiger partial charge in [-0.1, -0.05) is 0 Å². The molecule has 2 aromatic rings. The lowest BCUT2D eigenvalue weighted by Gasteiger charge is -2.05. The van der Waals surface area contributed by atoms with E-state index in [2.05, 4.69) is 5.32 Å². The van der Waals surface area contributed by atoms with Gasteiger partial charge in [-0.3, -0.25) is 19.7 Å². The van der Waals surface area contributed by atoms with Gasteiger partial charge in [0.25, 0.3) is 11.8 Å². The van der Waals surface area contributed by atoms with Gasteiger partial charge in [-0.2, -0.15) is 0 Å². The van der Waals surface area contributed by atoms with Gasteiger partial charge in [0.1, 0.15) is 9.92 Å². The van der Waals surface area contributed by atoms with E-state index >= 15 is 0 Å². The molecule has 25 heavy (non-hydrogen) atoms. The van der Waals surface area contributed by atoms with E-state index in [4.69, 9.17) is 14.9 Å². The fourth-order valence-corrected chi connectivity index (χ4v) is 3.04. The summed E-state index contributed by atoms with van der Waals surface area (Å²) in [7, 11) is 0. The van der Waals surface area contributed by atoms with E-state index in [0.717, 1.165) is 23.5 Å². The summed E-state index contributed by atoms with van der Waals surface area (Å²) in [5.41, 5.74) is 5.53. The van der Waals surface area contributed by atoms with Gasteiger partial charge < -0.3 is 20.2 Å². The summed E-state index contributed by atoms with van der Waals surface area (Å²) in [6.07, 6.45) is 0. The molecule has 0 aliphatic heterocycles. The molecule has 0 unspecified atom stereocenters. The fraction of sp³-hybridized carbons (Fsp3) is 0.214. The first-order chi connectivity index (χ1) is 11.8. The second-order valence-electron chi connectivity index (χ2n) is 4.69. The monoisotopic (exact) mass is 367 g/mol. The molecule has 2 heterocycles. The SMILES string of the molecule is CCOC(=O)c1c(NC(=O)c2ccc([N+](=O)[O-])o2)sc(C(N)=O)c1C. The number of esters is 1. The van der Waals surface area contributed by atoms with Crippen LogP contribution in [0.25, 0.3) is 0 Å². The van der Waals surface area contributed by atoms with Crippen molar-refractivity contribution in [3.8, 4) is 0 Å². The predicted molar refractivity (Wildman–Crippen MR) is 86.8 cm³/mol. The van der Waals surface area contributed by atoms with Crippen molar-refractivity contribution in [1.29, 1.82) is 0 Å². The molecule has 0 spiro atoms. The number of ether oxygens (including phenoxy) is 1. The lowest BCUT2D eigenvalue weighted by Crippen LogP contribution is -2.14. The maximum Gasteiger partial charge on any atom is 0.433 e. The minimum Gasteiger partial charge on any atom is -0.462 e. The van der Waals surface area contributed by atoms with E-state index in [1.165, 1.54) is 6.92 Å². The molecule has 0 bridgehead atoms. The molecule has 0 aliphatic rings. The largest absolute Gasteiger partial charge is 0.462 e. The number of hydrogen-bond donors (Lipinski definition) is 2. The highest BCUT2D eigenvalue weighted by Gasteiger charge is 2.27. The Balaban J connectivity index is 2.38. The minimum absolute atomic E-state index is 0.00458. The number of rotatable bonds is 6. The van der Waals surface area contributed by atoms with Crippen molar-refractivity contribution < 1.29 is 28.5 Å². The van der Waals surface area contributed by atoms with Crippen LogP contribution in [0.3, 0.4) is 0 Å². The van der Waals surface area contributed by atoms with Gasteiger partial charge in [-0.15, -0.1) is 11.3 Å². The van der Waals surface area contributed by atoms with E-state index in [0.29, 0.717) is 0 Å². The Morgan fingerprint density at radius 1 is 1.40 bits per heavy atom. The number of nitrogens with zero attached hydrogens (tertiary/aromatic N) is 1. The molecule has 3 N–H and O–H groups in total. The molecule has 10 nitrogen and oxygen atoms in total. The Labute approximate surface area is 144 Å². The topological polar surface area (TPSA) is 155 Å². The van der Waals surface area contributed by atoms with Gasteiger partial charge >= 0.3 is 11.9 Å². The number of nitrogens with two attached hydrogens (primary N) is 1. The zero-order valence-corrected chi connectivity index (χ0v) is 14.0. The molecular weight excluding hydrogens is 354 g/mol. The van der Waals surface area contributed by atoms with E-state index in [1.807, 2.05) is 0 Å². The van der Waals surface area contributed by atoms with E-state index in [-0.39, 0.29) is 33.4 Å². The summed E-state index contributed by atoms with van der Waals surface area (Å²) in [5, 5.41) is 13.0. The Kier molecular flexibility index (Phi) is 5.17. The third kappa shape index (κ3) is 3.66. The molecule has 0 aromatic carbocycles. The van der Waals surface area contributed by atoms with E-state index in [9.17, 15) is 24.5 Å². The number of carbonyl (C=O) groups excluding carboxylic acids is 3. The zero-order valence-electron chi connectivity index (χ0n) is 13.2. The quantitative estimate of drug-likeness (QED) is 0.450. The molecule has 0 atom stereocenters. The van der Waals surface area contributed by atoms with Crippen molar-refractivity contribution in [3.05, 3.63) is 44.0 Å². The van der Waals surface area contributed by atoms with Crippen LogP contribution in [0.1, 0.15) is 43.1 Å². The van der Waals surface area contributed by atoms with Crippen molar-refractivity contribution in [2.75, 3.05) is 11.9 Å². The van der Waals surface area contributed by atoms with Crippen LogP contribution in [0.4, 0.5) is 10.9 Å². The number of nitrogens with one attached hydrogen (secondary N) is 1. The Morgan fingerprint density at radius 2 is 2.08 bits per heavy atom. The third-order valence-electron chi connectivity index (χ3n) is 3.07. The number of nitro groups is 1. The molecule has 0 radical (unpaired) electrons. The minimum atomic E-state index is -0.823. The Hall–Kier alpha value is -3.21. The summed E-state index contributed by atoms with van der Waals surface area (Å²) >= 11 is 0.802. The average molecular weight is 367 g/mol. The first-order valence-corrected chi connectivity index (χ1v) is 7.73. The van der Waals surface area contributed by atoms with Crippen LogP contribution >= 0.6 is 11.3 Å². The molecule has 132 valence electrons. The molecule has 2 amide bonds. The van der Waals surface area contributed by atoms with Gasteiger partial charge in [0, 0.05) is 0 Å². The lowest BCUT2D eigenvalue weighted by atomic mass is 10.1. The fourth-order valence-electron chi connectivity index (χ4n) is 2.00. The summed E-state index contributed by atoms with van der Waals surface area (Å²) in [5.74, 6) is -3.24. The molecule has 0 fully saturated rings. The maximum atomic E-state index is 12.2. The van der Waals surface area contributed by atoms with Gasteiger partial charge in [-0.25, -0.2) is 4.79 Å². The van der Waals surface area contributed by atoms with Gasteiger partial charge in [-0.05, 0) is 25.5 Å². The van der Waals surface area contributed by atoms with Crippen LogP contribution in [0.5, 0.6) is 0 Å². The van der Waals surface area contributed by atoms with Crippen LogP contribution in [0.15, 0.2) is 16.5 Å². The van der Waals surface area contributed by atoms with Crippen molar-refractivity contribution in [2.24, 2.45) is 5.73 Å². The van der Waals surface area contributed by atoms with Crippen molar-refractivity contribution in [2.45, 2.75) is 13.8 Å². The van der Waals surface area contributed by atoms with Crippen LogP contribution in [-0.4, -0.2) is 29.3 Å². The van der Waals surface area contributed by atoms with Crippen LogP contribution in [0.2, 0.25) is 0 Å². The molecule has 0 saturated carbocycles. The third-order valence-corrected chi connectivity index (χ3v) is 4.29. The molecular formula is C14H13N3O7S. The first kappa shape index (κ1) is 18.1. The summed E-state index contributed by atoms with van der Waals surface area (Å²) < 4.78 is 9.71. The number of thiophene rings is 1. The van der Waals surface area contributed by atoms with Gasteiger partial charge in [0.2, 0.25) is 0 Å². The summed E-state index contributed by atoms with van der Waals surface area (Å²) in [6, 6.07) is 2.14. The van der Waals surface area contributed by atoms with Gasteiger partial charge in [0.05, 0.1) is 23.1 Å². The standard InChI is InChI=1S/C14H13N3O7S/c1-3-23-14(20)9-6(2)10(11(15)18)25-13(9)16-12(19)7-4-5-8(24-7)17(21)22/h4-5H,3H2,1-2H3,(H2,15,18)(H,16,19). The highest BCUT2D eigenvalue weighted by atomic mass is 32.1. The van der Waals surface area contributed by atoms with E-state index in [1.54, 1.807) is 6.92 Å². The maximum absolute atomic E-state index is 12.2. The van der Waals surface area contributed by atoms with Gasteiger partial charge in [0.15, 0.2) is 5.76 Å². The van der Waals surface area contributed by atoms with Crippen LogP contribution < -0.4 is 11.1 Å². The zero-order chi connectivity index (χ0) is 18.7. The molecule has 0 saturated heterocycles. The van der Waals surface area contributed by atoms with Crippen molar-refractivity contribution >= 4 is 40.0 Å². The Morgan fingerprint density at radius 3 is 2.60 bits per heavy atom. The number of primary amides is 1. The molecule has 2 aromatic heterocycles. The number of hydrogen-bond acceptors (Lipinski definition) is 8.